The Labute approximate surface area is 61.9 Å². The Kier molecular flexibility index (Phi) is 3.12. The third kappa shape index (κ3) is 1.68. The largest absolute Gasteiger partial charge is 0.380 e. The molecule has 1 aliphatic carbocycles. The predicted molar refractivity (Wildman–Crippen MR) is 40.4 cm³/mol. The van der Waals surface area contributed by atoms with Crippen LogP contribution in [0.25, 0.3) is 0 Å². The first-order valence-corrected chi connectivity index (χ1v) is 3.87. The minimum Gasteiger partial charge on any atom is -0.380 e. The maximum absolute atomic E-state index is 5.34. The summed E-state index contributed by atoms with van der Waals surface area (Å²) in [5.74, 6) is 5.34. The zero-order chi connectivity index (χ0) is 7.40. The van der Waals surface area contributed by atoms with Gasteiger partial charge < -0.3 is 4.74 Å². The molecule has 1 rings (SSSR count). The maximum atomic E-state index is 5.34. The van der Waals surface area contributed by atoms with E-state index >= 15 is 0 Å². The highest BCUT2D eigenvalue weighted by molar-refractivity contribution is 4.79. The minimum absolute atomic E-state index is 0.332. The normalized spacial score (nSPS) is 34.2. The number of methoxy groups -OCH3 is 1. The van der Waals surface area contributed by atoms with E-state index in [-0.39, 0.29) is 0 Å². The summed E-state index contributed by atoms with van der Waals surface area (Å²) >= 11 is 0. The second-order valence-corrected chi connectivity index (χ2v) is 2.83. The fourth-order valence-corrected chi connectivity index (χ4v) is 1.57. The maximum Gasteiger partial charge on any atom is 0.0737 e. The van der Waals surface area contributed by atoms with Crippen molar-refractivity contribution in [3.05, 3.63) is 0 Å². The van der Waals surface area contributed by atoms with Crippen LogP contribution in [0.3, 0.4) is 0 Å². The predicted octanol–water partition coefficient (Wildman–Crippen LogP) is 0.407. The molecule has 0 spiro atoms. The number of hydrogen-bond acceptors (Lipinski definition) is 3. The van der Waals surface area contributed by atoms with Gasteiger partial charge in [0.15, 0.2) is 0 Å². The zero-order valence-corrected chi connectivity index (χ0v) is 6.47. The van der Waals surface area contributed by atoms with Crippen LogP contribution in [0.2, 0.25) is 0 Å². The van der Waals surface area contributed by atoms with Gasteiger partial charge in [-0.3, -0.25) is 11.3 Å². The molecule has 0 bridgehead atoms. The van der Waals surface area contributed by atoms with E-state index in [4.69, 9.17) is 10.6 Å². The number of ether oxygens (including phenoxy) is 1. The van der Waals surface area contributed by atoms with Gasteiger partial charge >= 0.3 is 0 Å². The molecule has 0 aliphatic heterocycles. The molecule has 3 N–H and O–H groups in total. The molecule has 0 radical (unpaired) electrons. The average Bonchev–Trinajstić information content (AvgIpc) is 2.04. The summed E-state index contributed by atoms with van der Waals surface area (Å²) in [6, 6.07) is 0.374. The first kappa shape index (κ1) is 7.98. The molecule has 1 aliphatic rings. The summed E-state index contributed by atoms with van der Waals surface area (Å²) in [5.41, 5.74) is 2.78. The molecule has 0 aromatic heterocycles. The van der Waals surface area contributed by atoms with E-state index in [0.29, 0.717) is 12.1 Å². The standard InChI is InChI=1S/C7H16N2O/c1-10-7-5-3-2-4-6(7)9-8/h6-7,9H,2-5,8H2,1H3/t6-,7-/m1/s1. The van der Waals surface area contributed by atoms with Gasteiger partial charge in [-0.1, -0.05) is 12.8 Å². The Morgan fingerprint density at radius 2 is 2.10 bits per heavy atom. The van der Waals surface area contributed by atoms with Gasteiger partial charge in [-0.25, -0.2) is 0 Å². The van der Waals surface area contributed by atoms with Crippen LogP contribution in [-0.2, 0) is 4.74 Å². The topological polar surface area (TPSA) is 47.3 Å². The van der Waals surface area contributed by atoms with Crippen LogP contribution in [0, 0.1) is 0 Å². The van der Waals surface area contributed by atoms with E-state index < -0.39 is 0 Å². The van der Waals surface area contributed by atoms with Gasteiger partial charge in [0, 0.05) is 13.2 Å². The number of rotatable bonds is 2. The Hall–Kier alpha value is -0.120. The first-order chi connectivity index (χ1) is 4.88. The zero-order valence-electron chi connectivity index (χ0n) is 6.47. The van der Waals surface area contributed by atoms with E-state index in [9.17, 15) is 0 Å². The van der Waals surface area contributed by atoms with Crippen molar-refractivity contribution in [2.75, 3.05) is 7.11 Å². The van der Waals surface area contributed by atoms with Crippen LogP contribution in [-0.4, -0.2) is 19.3 Å². The van der Waals surface area contributed by atoms with Gasteiger partial charge in [-0.2, -0.15) is 0 Å². The van der Waals surface area contributed by atoms with Crippen LogP contribution >= 0.6 is 0 Å². The first-order valence-electron chi connectivity index (χ1n) is 3.87. The van der Waals surface area contributed by atoms with Crippen molar-refractivity contribution in [1.29, 1.82) is 0 Å². The quantitative estimate of drug-likeness (QED) is 0.436. The lowest BCUT2D eigenvalue weighted by molar-refractivity contribution is 0.0420. The second-order valence-electron chi connectivity index (χ2n) is 2.83. The molecule has 3 nitrogen and oxygen atoms in total. The van der Waals surface area contributed by atoms with Gasteiger partial charge in [-0.05, 0) is 12.8 Å². The van der Waals surface area contributed by atoms with Crippen LogP contribution in [0.1, 0.15) is 25.7 Å². The van der Waals surface area contributed by atoms with Crippen LogP contribution in [0.4, 0.5) is 0 Å². The summed E-state index contributed by atoms with van der Waals surface area (Å²) in [4.78, 5) is 0. The van der Waals surface area contributed by atoms with Crippen molar-refractivity contribution < 1.29 is 4.74 Å². The minimum atomic E-state index is 0.332. The van der Waals surface area contributed by atoms with Crippen molar-refractivity contribution >= 4 is 0 Å². The molecule has 0 heterocycles. The third-order valence-electron chi connectivity index (χ3n) is 2.22. The fraction of sp³-hybridized carbons (Fsp3) is 1.00. The van der Waals surface area contributed by atoms with E-state index in [2.05, 4.69) is 5.43 Å². The number of nitrogens with two attached hydrogens (primary N) is 1. The molecular weight excluding hydrogens is 128 g/mol. The summed E-state index contributed by atoms with van der Waals surface area (Å²) in [6.45, 7) is 0. The van der Waals surface area contributed by atoms with E-state index in [1.54, 1.807) is 7.11 Å². The molecule has 0 unspecified atom stereocenters. The molecule has 10 heavy (non-hydrogen) atoms. The van der Waals surface area contributed by atoms with Crippen molar-refractivity contribution in [3.63, 3.8) is 0 Å². The second kappa shape index (κ2) is 3.91. The van der Waals surface area contributed by atoms with Gasteiger partial charge in [-0.15, -0.1) is 0 Å². The Balaban J connectivity index is 2.34. The molecular formula is C7H16N2O. The summed E-state index contributed by atoms with van der Waals surface area (Å²) < 4.78 is 5.25. The van der Waals surface area contributed by atoms with Crippen LogP contribution in [0.15, 0.2) is 0 Å². The summed E-state index contributed by atoms with van der Waals surface area (Å²) in [6.07, 6.45) is 5.17. The van der Waals surface area contributed by atoms with E-state index in [1.165, 1.54) is 12.8 Å². The van der Waals surface area contributed by atoms with Crippen molar-refractivity contribution in [1.82, 2.24) is 5.43 Å². The highest BCUT2D eigenvalue weighted by atomic mass is 16.5. The monoisotopic (exact) mass is 144 g/mol. The van der Waals surface area contributed by atoms with Crippen molar-refractivity contribution in [2.45, 2.75) is 37.8 Å². The van der Waals surface area contributed by atoms with Crippen molar-refractivity contribution in [2.24, 2.45) is 5.84 Å². The number of hydrazine groups is 1. The van der Waals surface area contributed by atoms with Crippen LogP contribution < -0.4 is 11.3 Å². The van der Waals surface area contributed by atoms with Gasteiger partial charge in [0.05, 0.1) is 6.10 Å². The molecule has 60 valence electrons. The molecule has 2 atom stereocenters. The summed E-state index contributed by atoms with van der Waals surface area (Å²) in [7, 11) is 1.75. The average molecular weight is 144 g/mol. The Morgan fingerprint density at radius 3 is 2.60 bits per heavy atom. The summed E-state index contributed by atoms with van der Waals surface area (Å²) in [5, 5.41) is 0. The SMILES string of the molecule is CO[C@@H]1CCCC[C@H]1NN. The lowest BCUT2D eigenvalue weighted by Crippen LogP contribution is -2.46. The Morgan fingerprint density at radius 1 is 1.40 bits per heavy atom. The molecule has 1 saturated carbocycles. The number of hydrogen-bond donors (Lipinski definition) is 2. The highest BCUT2D eigenvalue weighted by Gasteiger charge is 2.22. The van der Waals surface area contributed by atoms with Crippen molar-refractivity contribution in [3.8, 4) is 0 Å². The smallest absolute Gasteiger partial charge is 0.0737 e. The molecule has 3 heteroatoms. The third-order valence-corrected chi connectivity index (χ3v) is 2.22. The lowest BCUT2D eigenvalue weighted by atomic mass is 9.93. The van der Waals surface area contributed by atoms with E-state index in [1.807, 2.05) is 0 Å². The van der Waals surface area contributed by atoms with Gasteiger partial charge in [0.25, 0.3) is 0 Å². The van der Waals surface area contributed by atoms with E-state index in [0.717, 1.165) is 12.8 Å². The molecule has 0 aromatic carbocycles. The van der Waals surface area contributed by atoms with Crippen LogP contribution in [0.5, 0.6) is 0 Å². The Bertz CT molecular complexity index is 85.6. The molecule has 1 fully saturated rings. The lowest BCUT2D eigenvalue weighted by Gasteiger charge is -2.29. The molecule has 0 aromatic rings. The van der Waals surface area contributed by atoms with Gasteiger partial charge in [0.1, 0.15) is 0 Å². The fourth-order valence-electron chi connectivity index (χ4n) is 1.57. The highest BCUT2D eigenvalue weighted by Crippen LogP contribution is 2.19. The molecule has 0 amide bonds. The number of nitrogens with one attached hydrogen (secondary N) is 1. The molecule has 0 saturated heterocycles. The van der Waals surface area contributed by atoms with Gasteiger partial charge in [0.2, 0.25) is 0 Å².